The van der Waals surface area contributed by atoms with Gasteiger partial charge in [0, 0.05) is 0 Å². The van der Waals surface area contributed by atoms with Gasteiger partial charge >= 0.3 is 9.17 Å². The minimum absolute atomic E-state index is 0.396. The topological polar surface area (TPSA) is 54.0 Å². The van der Waals surface area contributed by atoms with E-state index >= 15 is 0 Å². The van der Waals surface area contributed by atoms with Gasteiger partial charge < -0.3 is 9.15 Å². The summed E-state index contributed by atoms with van der Waals surface area (Å²) >= 11 is 0. The molecule has 0 heterocycles. The highest BCUT2D eigenvalue weighted by atomic mass is 28.3. The Bertz CT molecular complexity index is 107. The summed E-state index contributed by atoms with van der Waals surface area (Å²) in [5, 5.41) is 0. The van der Waals surface area contributed by atoms with Crippen LogP contribution < -0.4 is 0 Å². The Morgan fingerprint density at radius 3 is 1.75 bits per heavy atom. The van der Waals surface area contributed by atoms with Crippen molar-refractivity contribution < 1.29 is 23.4 Å². The maximum atomic E-state index is 10.7. The van der Waals surface area contributed by atoms with Crippen LogP contribution in [0.4, 0.5) is 0 Å². The van der Waals surface area contributed by atoms with E-state index in [0.717, 1.165) is 12.8 Å². The third-order valence-corrected chi connectivity index (χ3v) is 1.34. The lowest BCUT2D eigenvalue weighted by molar-refractivity contribution is -0.286. The smallest absolute Gasteiger partial charge is 0.327 e. The molecule has 0 unspecified atom stereocenters. The zero-order valence-electron chi connectivity index (χ0n) is 7.37. The number of hydrogen-bond acceptors (Lipinski definition) is 5. The first-order valence-corrected chi connectivity index (χ1v) is 5.16. The molecule has 0 saturated carbocycles. The zero-order chi connectivity index (χ0) is 9.23. The number of rotatable bonds is 8. The molecule has 0 aromatic heterocycles. The Balaban J connectivity index is 3.10. The first-order chi connectivity index (χ1) is 5.81. The summed E-state index contributed by atoms with van der Waals surface area (Å²) < 4.78 is 19.3. The van der Waals surface area contributed by atoms with Gasteiger partial charge in [-0.05, 0) is 12.8 Å². The van der Waals surface area contributed by atoms with Crippen molar-refractivity contribution in [2.24, 2.45) is 0 Å². The highest BCUT2D eigenvalue weighted by Gasteiger charge is 2.13. The molecule has 0 aromatic rings. The molecule has 12 heavy (non-hydrogen) atoms. The Hall–Kier alpha value is -0.463. The maximum absolute atomic E-state index is 10.7. The third kappa shape index (κ3) is 7.64. The molecular weight excluding hydrogens is 180 g/mol. The normalized spacial score (nSPS) is 9.50. The first-order valence-electron chi connectivity index (χ1n) is 3.94. The predicted octanol–water partition coefficient (Wildman–Crippen LogP) is 1.12. The molecule has 0 amide bonds. The third-order valence-electron chi connectivity index (χ3n) is 0.829. The molecule has 0 atom stereocenters. The van der Waals surface area contributed by atoms with Crippen LogP contribution in [0.2, 0.25) is 0 Å². The summed E-state index contributed by atoms with van der Waals surface area (Å²) in [7, 11) is -2.63. The molecule has 0 rings (SSSR count). The summed E-state index contributed by atoms with van der Waals surface area (Å²) in [5.41, 5.74) is 0. The van der Waals surface area contributed by atoms with Gasteiger partial charge in [0.1, 0.15) is 0 Å². The van der Waals surface area contributed by atoms with E-state index in [9.17, 15) is 4.46 Å². The van der Waals surface area contributed by atoms with E-state index in [0.29, 0.717) is 13.2 Å². The van der Waals surface area contributed by atoms with Crippen LogP contribution in [-0.2, 0) is 23.4 Å². The molecule has 0 saturated heterocycles. The van der Waals surface area contributed by atoms with Crippen LogP contribution in [0.1, 0.15) is 26.7 Å². The van der Waals surface area contributed by atoms with Gasteiger partial charge in [-0.2, -0.15) is 9.78 Å². The molecule has 5 nitrogen and oxygen atoms in total. The molecule has 72 valence electrons. The SMILES string of the molecule is CCCOO[Si](=O)OOCCC. The highest BCUT2D eigenvalue weighted by molar-refractivity contribution is 6.25. The van der Waals surface area contributed by atoms with E-state index in [-0.39, 0.29) is 0 Å². The van der Waals surface area contributed by atoms with Crippen molar-refractivity contribution in [2.45, 2.75) is 26.7 Å². The highest BCUT2D eigenvalue weighted by Crippen LogP contribution is 1.87. The molecule has 0 aliphatic carbocycles. The van der Waals surface area contributed by atoms with Gasteiger partial charge in [0.2, 0.25) is 0 Å². The zero-order valence-corrected chi connectivity index (χ0v) is 8.37. The summed E-state index contributed by atoms with van der Waals surface area (Å²) in [6.45, 7) is 4.62. The van der Waals surface area contributed by atoms with Crippen molar-refractivity contribution in [2.75, 3.05) is 13.2 Å². The van der Waals surface area contributed by atoms with Gasteiger partial charge in [0.05, 0.1) is 13.2 Å². The molecule has 6 heteroatoms. The van der Waals surface area contributed by atoms with Crippen molar-refractivity contribution in [3.05, 3.63) is 0 Å². The van der Waals surface area contributed by atoms with E-state index < -0.39 is 9.17 Å². The van der Waals surface area contributed by atoms with Gasteiger partial charge in [-0.1, -0.05) is 13.8 Å². The second-order valence-corrected chi connectivity index (χ2v) is 2.89. The van der Waals surface area contributed by atoms with Gasteiger partial charge in [0.25, 0.3) is 0 Å². The van der Waals surface area contributed by atoms with Crippen LogP contribution in [0, 0.1) is 0 Å². The van der Waals surface area contributed by atoms with Crippen LogP contribution in [-0.4, -0.2) is 22.4 Å². The molecule has 0 aromatic carbocycles. The van der Waals surface area contributed by atoms with Crippen molar-refractivity contribution in [3.8, 4) is 0 Å². The van der Waals surface area contributed by atoms with Crippen LogP contribution in [0.5, 0.6) is 0 Å². The molecule has 0 aliphatic heterocycles. The summed E-state index contributed by atoms with van der Waals surface area (Å²) in [5.74, 6) is 0. The Kier molecular flexibility index (Phi) is 8.30. The van der Waals surface area contributed by atoms with Crippen LogP contribution >= 0.6 is 0 Å². The average molecular weight is 194 g/mol. The molecule has 0 spiro atoms. The lowest BCUT2D eigenvalue weighted by Gasteiger charge is -2.01. The average Bonchev–Trinajstić information content (AvgIpc) is 2.06. The van der Waals surface area contributed by atoms with Crippen molar-refractivity contribution >= 4 is 9.17 Å². The summed E-state index contributed by atoms with van der Waals surface area (Å²) in [6, 6.07) is 0. The predicted molar refractivity (Wildman–Crippen MR) is 41.1 cm³/mol. The largest absolute Gasteiger partial charge is 0.834 e. The van der Waals surface area contributed by atoms with E-state index in [1.165, 1.54) is 0 Å². The van der Waals surface area contributed by atoms with E-state index in [4.69, 9.17) is 0 Å². The Labute approximate surface area is 73.3 Å². The number of hydrogen-bond donors (Lipinski definition) is 0. The van der Waals surface area contributed by atoms with E-state index in [1.807, 2.05) is 13.8 Å². The van der Waals surface area contributed by atoms with Gasteiger partial charge in [-0.25, -0.2) is 0 Å². The minimum Gasteiger partial charge on any atom is -0.327 e. The molecular formula is C6H14O5Si. The Morgan fingerprint density at radius 2 is 1.42 bits per heavy atom. The van der Waals surface area contributed by atoms with Crippen LogP contribution in [0.3, 0.4) is 0 Å². The second kappa shape index (κ2) is 8.63. The fourth-order valence-electron chi connectivity index (χ4n) is 0.360. The fraction of sp³-hybridized carbons (Fsp3) is 1.00. The van der Waals surface area contributed by atoms with Gasteiger partial charge in [-0.3, -0.25) is 4.46 Å². The molecule has 0 N–H and O–H groups in total. The lowest BCUT2D eigenvalue weighted by atomic mass is 10.5. The molecule has 0 fully saturated rings. The van der Waals surface area contributed by atoms with Gasteiger partial charge in [-0.15, -0.1) is 0 Å². The molecule has 0 aliphatic rings. The van der Waals surface area contributed by atoms with E-state index in [1.54, 1.807) is 0 Å². The summed E-state index contributed by atoms with van der Waals surface area (Å²) in [4.78, 5) is 9.01. The minimum atomic E-state index is -2.63. The van der Waals surface area contributed by atoms with Gasteiger partial charge in [0.15, 0.2) is 0 Å². The maximum Gasteiger partial charge on any atom is 0.834 e. The Morgan fingerprint density at radius 1 is 1.00 bits per heavy atom. The molecule has 0 bridgehead atoms. The van der Waals surface area contributed by atoms with Crippen molar-refractivity contribution in [3.63, 3.8) is 0 Å². The fourth-order valence-corrected chi connectivity index (χ4v) is 0.747. The van der Waals surface area contributed by atoms with E-state index in [2.05, 4.69) is 18.9 Å². The van der Waals surface area contributed by atoms with Crippen molar-refractivity contribution in [1.29, 1.82) is 0 Å². The summed E-state index contributed by atoms with van der Waals surface area (Å²) in [6.07, 6.45) is 1.59. The lowest BCUT2D eigenvalue weighted by Crippen LogP contribution is -2.14. The second-order valence-electron chi connectivity index (χ2n) is 2.06. The monoisotopic (exact) mass is 194 g/mol. The van der Waals surface area contributed by atoms with Crippen molar-refractivity contribution in [1.82, 2.24) is 0 Å². The van der Waals surface area contributed by atoms with Crippen LogP contribution in [0.25, 0.3) is 0 Å². The standard InChI is InChI=1S/C6H14O5Si/c1-3-5-8-10-12(7)11-9-6-4-2/h3-6H2,1-2H3. The van der Waals surface area contributed by atoms with Crippen LogP contribution in [0.15, 0.2) is 0 Å². The first kappa shape index (κ1) is 11.5. The molecule has 0 radical (unpaired) electrons. The quantitative estimate of drug-likeness (QED) is 0.251.